The third-order valence-electron chi connectivity index (χ3n) is 3.93. The van der Waals surface area contributed by atoms with Crippen molar-refractivity contribution in [2.75, 3.05) is 18.2 Å². The van der Waals surface area contributed by atoms with E-state index in [4.69, 9.17) is 9.72 Å². The molecule has 0 radical (unpaired) electrons. The highest BCUT2D eigenvalue weighted by Gasteiger charge is 2.17. The predicted molar refractivity (Wildman–Crippen MR) is 118 cm³/mol. The van der Waals surface area contributed by atoms with Gasteiger partial charge in [-0.1, -0.05) is 36.0 Å². The first-order valence-corrected chi connectivity index (χ1v) is 11.2. The van der Waals surface area contributed by atoms with Crippen molar-refractivity contribution in [1.29, 1.82) is 0 Å². The molecular weight excluding hydrogens is 410 g/mol. The van der Waals surface area contributed by atoms with Gasteiger partial charge in [-0.05, 0) is 35.0 Å². The first-order chi connectivity index (χ1) is 13.7. The molecule has 28 heavy (non-hydrogen) atoms. The number of H-pyrrole nitrogens is 1. The smallest absolute Gasteiger partial charge is 0.234 e. The fourth-order valence-corrected chi connectivity index (χ4v) is 4.80. The molecule has 0 aliphatic heterocycles. The molecule has 1 aromatic carbocycles. The van der Waals surface area contributed by atoms with E-state index in [-0.39, 0.29) is 11.7 Å². The van der Waals surface area contributed by atoms with Crippen molar-refractivity contribution in [1.82, 2.24) is 9.97 Å². The van der Waals surface area contributed by atoms with Crippen molar-refractivity contribution in [2.24, 2.45) is 0 Å². The number of anilines is 1. The van der Waals surface area contributed by atoms with Gasteiger partial charge >= 0.3 is 0 Å². The van der Waals surface area contributed by atoms with Gasteiger partial charge in [-0.3, -0.25) is 4.79 Å². The molecule has 0 unspecified atom stereocenters. The highest BCUT2D eigenvalue weighted by atomic mass is 32.2. The van der Waals surface area contributed by atoms with Gasteiger partial charge in [-0.15, -0.1) is 22.7 Å². The fourth-order valence-electron chi connectivity index (χ4n) is 2.68. The lowest BCUT2D eigenvalue weighted by atomic mass is 10.2. The van der Waals surface area contributed by atoms with Crippen LogP contribution in [0.25, 0.3) is 21.1 Å². The van der Waals surface area contributed by atoms with Crippen LogP contribution in [0.2, 0.25) is 0 Å². The number of aromatic nitrogens is 2. The summed E-state index contributed by atoms with van der Waals surface area (Å²) >= 11 is 4.69. The average Bonchev–Trinajstić information content (AvgIpc) is 3.47. The molecule has 4 aromatic rings. The van der Waals surface area contributed by atoms with Gasteiger partial charge in [0.15, 0.2) is 5.16 Å². The number of hydrogen-bond donors (Lipinski definition) is 2. The topological polar surface area (TPSA) is 67.0 Å². The van der Waals surface area contributed by atoms with Gasteiger partial charge in [0.25, 0.3) is 0 Å². The minimum Gasteiger partial charge on any atom is -0.495 e. The Balaban J connectivity index is 1.49. The monoisotopic (exact) mass is 427 g/mol. The summed E-state index contributed by atoms with van der Waals surface area (Å²) in [5, 5.41) is 7.69. The number of ether oxygens (including phenoxy) is 1. The fraction of sp³-hybridized carbons (Fsp3) is 0.100. The number of carbonyl (C=O) groups is 1. The van der Waals surface area contributed by atoms with E-state index in [9.17, 15) is 4.79 Å². The second-order valence-electron chi connectivity index (χ2n) is 5.76. The van der Waals surface area contributed by atoms with Gasteiger partial charge in [0.2, 0.25) is 5.91 Å². The van der Waals surface area contributed by atoms with Crippen molar-refractivity contribution in [3.63, 3.8) is 0 Å². The molecule has 0 atom stereocenters. The average molecular weight is 428 g/mol. The zero-order valence-corrected chi connectivity index (χ0v) is 17.4. The van der Waals surface area contributed by atoms with Crippen LogP contribution >= 0.6 is 34.4 Å². The Hall–Kier alpha value is -2.55. The number of amides is 1. The van der Waals surface area contributed by atoms with Crippen LogP contribution in [0.5, 0.6) is 5.75 Å². The van der Waals surface area contributed by atoms with E-state index in [0.717, 1.165) is 26.3 Å². The number of thioether (sulfide) groups is 1. The molecule has 3 heterocycles. The van der Waals surface area contributed by atoms with Crippen molar-refractivity contribution in [2.45, 2.75) is 5.16 Å². The van der Waals surface area contributed by atoms with Gasteiger partial charge in [-0.25, -0.2) is 4.98 Å². The molecule has 5 nitrogen and oxygen atoms in total. The maximum Gasteiger partial charge on any atom is 0.234 e. The van der Waals surface area contributed by atoms with E-state index in [1.165, 1.54) is 11.8 Å². The number of carbonyl (C=O) groups excluding carboxylic acids is 1. The molecule has 3 aromatic heterocycles. The quantitative estimate of drug-likeness (QED) is 0.376. The second kappa shape index (κ2) is 8.64. The molecule has 8 heteroatoms. The van der Waals surface area contributed by atoms with Gasteiger partial charge in [0.05, 0.1) is 34.0 Å². The van der Waals surface area contributed by atoms with E-state index in [0.29, 0.717) is 11.4 Å². The Morgan fingerprint density at radius 3 is 2.57 bits per heavy atom. The number of methoxy groups -OCH3 is 1. The number of hydrogen-bond acceptors (Lipinski definition) is 6. The number of imidazole rings is 1. The normalized spacial score (nSPS) is 10.8. The predicted octanol–water partition coefficient (Wildman–Crippen LogP) is 5.61. The molecule has 0 saturated carbocycles. The van der Waals surface area contributed by atoms with Crippen LogP contribution < -0.4 is 10.1 Å². The molecular formula is C20H17N3O2S3. The number of nitrogens with one attached hydrogen (secondary N) is 2. The first-order valence-electron chi connectivity index (χ1n) is 8.48. The van der Waals surface area contributed by atoms with Crippen LogP contribution in [0.4, 0.5) is 5.69 Å². The number of para-hydroxylation sites is 2. The molecule has 0 fully saturated rings. The van der Waals surface area contributed by atoms with Crippen LogP contribution in [-0.4, -0.2) is 28.7 Å². The summed E-state index contributed by atoms with van der Waals surface area (Å²) in [6.45, 7) is 0. The molecule has 0 bridgehead atoms. The van der Waals surface area contributed by atoms with Gasteiger partial charge in [0.1, 0.15) is 11.4 Å². The largest absolute Gasteiger partial charge is 0.495 e. The summed E-state index contributed by atoms with van der Waals surface area (Å²) in [7, 11) is 1.58. The first kappa shape index (κ1) is 18.8. The molecule has 4 rings (SSSR count). The van der Waals surface area contributed by atoms with Gasteiger partial charge < -0.3 is 15.0 Å². The minimum absolute atomic E-state index is 0.110. The summed E-state index contributed by atoms with van der Waals surface area (Å²) in [6.07, 6.45) is 0. The van der Waals surface area contributed by atoms with Crippen LogP contribution in [0.15, 0.2) is 64.4 Å². The molecule has 0 spiro atoms. The maximum absolute atomic E-state index is 12.4. The third kappa shape index (κ3) is 4.14. The number of thiophene rings is 2. The third-order valence-corrected chi connectivity index (χ3v) is 6.56. The standard InChI is InChI=1S/C20H17N3O2S3/c1-25-14-7-3-2-6-13(14)21-17(24)12-28-20-22-18(15-8-4-10-26-15)19(23-20)16-9-5-11-27-16/h2-11H,12H2,1H3,(H,21,24)(H,22,23). The Labute approximate surface area is 174 Å². The molecule has 0 aliphatic carbocycles. The Morgan fingerprint density at radius 2 is 1.86 bits per heavy atom. The maximum atomic E-state index is 12.4. The van der Waals surface area contributed by atoms with Gasteiger partial charge in [0, 0.05) is 0 Å². The van der Waals surface area contributed by atoms with E-state index in [1.54, 1.807) is 29.8 Å². The number of benzene rings is 1. The van der Waals surface area contributed by atoms with Crippen molar-refractivity contribution < 1.29 is 9.53 Å². The van der Waals surface area contributed by atoms with Crippen molar-refractivity contribution in [3.8, 4) is 26.9 Å². The van der Waals surface area contributed by atoms with Crippen LogP contribution in [-0.2, 0) is 4.79 Å². The number of nitrogens with zero attached hydrogens (tertiary/aromatic N) is 1. The lowest BCUT2D eigenvalue weighted by Gasteiger charge is -2.09. The van der Waals surface area contributed by atoms with Crippen LogP contribution in [0, 0.1) is 0 Å². The molecule has 0 saturated heterocycles. The SMILES string of the molecule is COc1ccccc1NC(=O)CSc1nc(-c2cccs2)c(-c2cccs2)[nH]1. The Bertz CT molecular complexity index is 1000. The van der Waals surface area contributed by atoms with E-state index in [2.05, 4.69) is 22.4 Å². The number of aromatic amines is 1. The summed E-state index contributed by atoms with van der Waals surface area (Å²) in [5.41, 5.74) is 2.57. The van der Waals surface area contributed by atoms with Crippen LogP contribution in [0.3, 0.4) is 0 Å². The van der Waals surface area contributed by atoms with E-state index in [1.807, 2.05) is 47.2 Å². The number of rotatable bonds is 7. The molecule has 142 valence electrons. The lowest BCUT2D eigenvalue weighted by Crippen LogP contribution is -2.14. The lowest BCUT2D eigenvalue weighted by molar-refractivity contribution is -0.113. The van der Waals surface area contributed by atoms with E-state index >= 15 is 0 Å². The van der Waals surface area contributed by atoms with Crippen molar-refractivity contribution >= 4 is 46.0 Å². The highest BCUT2D eigenvalue weighted by molar-refractivity contribution is 7.99. The Kier molecular flexibility index (Phi) is 5.80. The summed E-state index contributed by atoms with van der Waals surface area (Å²) < 4.78 is 5.27. The zero-order valence-electron chi connectivity index (χ0n) is 15.0. The molecule has 0 aliphatic rings. The van der Waals surface area contributed by atoms with Crippen molar-refractivity contribution in [3.05, 3.63) is 59.3 Å². The second-order valence-corrected chi connectivity index (χ2v) is 8.62. The van der Waals surface area contributed by atoms with Gasteiger partial charge in [-0.2, -0.15) is 0 Å². The van der Waals surface area contributed by atoms with E-state index < -0.39 is 0 Å². The minimum atomic E-state index is -0.110. The zero-order chi connectivity index (χ0) is 19.3. The summed E-state index contributed by atoms with van der Waals surface area (Å²) in [6, 6.07) is 15.5. The van der Waals surface area contributed by atoms with Crippen LogP contribution in [0.1, 0.15) is 0 Å². The molecule has 1 amide bonds. The highest BCUT2D eigenvalue weighted by Crippen LogP contribution is 2.36. The molecule has 2 N–H and O–H groups in total. The summed E-state index contributed by atoms with van der Waals surface area (Å²) in [5.74, 6) is 0.777. The Morgan fingerprint density at radius 1 is 1.11 bits per heavy atom. The summed E-state index contributed by atoms with van der Waals surface area (Å²) in [4.78, 5) is 22.7.